The van der Waals surface area contributed by atoms with Crippen LogP contribution in [-0.2, 0) is 4.79 Å². The molecule has 0 bridgehead atoms. The molecule has 3 aromatic rings. The molecule has 0 saturated carbocycles. The van der Waals surface area contributed by atoms with Gasteiger partial charge < -0.3 is 14.2 Å². The molecule has 1 N–H and O–H groups in total. The van der Waals surface area contributed by atoms with Gasteiger partial charge in [0.25, 0.3) is 5.91 Å². The Balaban J connectivity index is 1.42. The van der Waals surface area contributed by atoms with Gasteiger partial charge >= 0.3 is 5.97 Å². The molecule has 1 heterocycles. The largest absolute Gasteiger partial charge is 0.485 e. The summed E-state index contributed by atoms with van der Waals surface area (Å²) in [5.41, 5.74) is 3.34. The Bertz CT molecular complexity index is 1180. The number of carbonyl (C=O) groups excluding carboxylic acids is 2. The molecule has 0 saturated heterocycles. The zero-order chi connectivity index (χ0) is 22.5. The molecule has 7 nitrogen and oxygen atoms in total. The van der Waals surface area contributed by atoms with Crippen LogP contribution in [0.25, 0.3) is 0 Å². The summed E-state index contributed by atoms with van der Waals surface area (Å²) in [6, 6.07) is 19.0. The molecule has 0 aliphatic carbocycles. The van der Waals surface area contributed by atoms with E-state index in [0.717, 1.165) is 8.95 Å². The van der Waals surface area contributed by atoms with Gasteiger partial charge in [0.1, 0.15) is 12.4 Å². The molecule has 1 aliphatic rings. The fourth-order valence-electron chi connectivity index (χ4n) is 2.84. The molecular weight excluding hydrogens is 544 g/mol. The molecular formula is C23H16Br2N2O5. The van der Waals surface area contributed by atoms with E-state index in [-0.39, 0.29) is 6.61 Å². The molecule has 9 heteroatoms. The second kappa shape index (κ2) is 9.97. The summed E-state index contributed by atoms with van der Waals surface area (Å²) in [6.07, 6.45) is 0.559. The number of fused-ring (bicyclic) bond motifs is 1. The second-order valence-electron chi connectivity index (χ2n) is 6.68. The van der Waals surface area contributed by atoms with Crippen molar-refractivity contribution in [1.82, 2.24) is 5.43 Å². The molecule has 1 aliphatic heterocycles. The highest BCUT2D eigenvalue weighted by molar-refractivity contribution is 9.10. The minimum atomic E-state index is -0.834. The molecule has 4 rings (SSSR count). The summed E-state index contributed by atoms with van der Waals surface area (Å²) in [5.74, 6) is 0.415. The number of carbonyl (C=O) groups is 2. The van der Waals surface area contributed by atoms with Gasteiger partial charge in [-0.2, -0.15) is 5.10 Å². The van der Waals surface area contributed by atoms with Crippen LogP contribution in [0.15, 0.2) is 80.8 Å². The Morgan fingerprint density at radius 2 is 1.72 bits per heavy atom. The van der Waals surface area contributed by atoms with Crippen molar-refractivity contribution >= 4 is 50.0 Å². The van der Waals surface area contributed by atoms with Crippen LogP contribution in [0.5, 0.6) is 17.2 Å². The Kier molecular flexibility index (Phi) is 6.87. The van der Waals surface area contributed by atoms with E-state index in [1.165, 1.54) is 6.21 Å². The minimum absolute atomic E-state index is 0.0747. The van der Waals surface area contributed by atoms with Gasteiger partial charge in [0.2, 0.25) is 6.10 Å². The standard InChI is InChI=1S/C23H16Br2N2O5/c24-16-7-5-14(6-8-16)23(29)32-18-10-9-17(25)11-15(18)12-26-27-22(28)21-13-30-19-3-1-2-4-20(19)31-21/h1-12,21H,13H2,(H,27,28)/b26-12-/t21-/m0/s1. The van der Waals surface area contributed by atoms with E-state index in [4.69, 9.17) is 14.2 Å². The van der Waals surface area contributed by atoms with Crippen molar-refractivity contribution in [3.8, 4) is 17.2 Å². The zero-order valence-electron chi connectivity index (χ0n) is 16.5. The highest BCUT2D eigenvalue weighted by Crippen LogP contribution is 2.30. The Morgan fingerprint density at radius 1 is 1.00 bits per heavy atom. The number of amides is 1. The third-order valence-electron chi connectivity index (χ3n) is 4.43. The number of esters is 1. The van der Waals surface area contributed by atoms with Crippen molar-refractivity contribution in [1.29, 1.82) is 0 Å². The van der Waals surface area contributed by atoms with Crippen LogP contribution in [-0.4, -0.2) is 30.8 Å². The summed E-state index contributed by atoms with van der Waals surface area (Å²) < 4.78 is 18.3. The molecule has 0 fully saturated rings. The van der Waals surface area contributed by atoms with E-state index >= 15 is 0 Å². The van der Waals surface area contributed by atoms with Crippen LogP contribution in [0.2, 0.25) is 0 Å². The number of hydrogen-bond acceptors (Lipinski definition) is 6. The normalized spacial score (nSPS) is 14.8. The first-order valence-corrected chi connectivity index (χ1v) is 11.1. The molecule has 162 valence electrons. The van der Waals surface area contributed by atoms with Crippen molar-refractivity contribution in [3.63, 3.8) is 0 Å². The van der Waals surface area contributed by atoms with Crippen molar-refractivity contribution < 1.29 is 23.8 Å². The Morgan fingerprint density at radius 3 is 2.50 bits per heavy atom. The quantitative estimate of drug-likeness (QED) is 0.211. The highest BCUT2D eigenvalue weighted by atomic mass is 79.9. The first-order valence-electron chi connectivity index (χ1n) is 9.48. The topological polar surface area (TPSA) is 86.2 Å². The average Bonchev–Trinajstić information content (AvgIpc) is 2.80. The van der Waals surface area contributed by atoms with Gasteiger partial charge in [0, 0.05) is 14.5 Å². The number of para-hydroxylation sites is 2. The molecule has 3 aromatic carbocycles. The maximum atomic E-state index is 12.5. The van der Waals surface area contributed by atoms with Crippen LogP contribution in [0.3, 0.4) is 0 Å². The number of rotatable bonds is 5. The van der Waals surface area contributed by atoms with E-state index < -0.39 is 18.0 Å². The lowest BCUT2D eigenvalue weighted by atomic mass is 10.2. The smallest absolute Gasteiger partial charge is 0.343 e. The Labute approximate surface area is 200 Å². The highest BCUT2D eigenvalue weighted by Gasteiger charge is 2.27. The number of nitrogens with one attached hydrogen (secondary N) is 1. The number of hydrogen-bond donors (Lipinski definition) is 1. The van der Waals surface area contributed by atoms with Crippen molar-refractivity contribution in [3.05, 3.63) is 86.8 Å². The molecule has 0 spiro atoms. The summed E-state index contributed by atoms with van der Waals surface area (Å²) >= 11 is 6.71. The molecule has 1 atom stereocenters. The predicted octanol–water partition coefficient (Wildman–Crippen LogP) is 4.72. The van der Waals surface area contributed by atoms with Crippen molar-refractivity contribution in [2.24, 2.45) is 5.10 Å². The monoisotopic (exact) mass is 558 g/mol. The lowest BCUT2D eigenvalue weighted by molar-refractivity contribution is -0.130. The Hall–Kier alpha value is -3.17. The van der Waals surface area contributed by atoms with Gasteiger partial charge in [0.05, 0.1) is 11.8 Å². The number of benzene rings is 3. The number of nitrogens with zero attached hydrogens (tertiary/aromatic N) is 1. The van der Waals surface area contributed by atoms with Crippen LogP contribution in [0.4, 0.5) is 0 Å². The van der Waals surface area contributed by atoms with Crippen LogP contribution in [0.1, 0.15) is 15.9 Å². The summed E-state index contributed by atoms with van der Waals surface area (Å²) in [6.45, 7) is 0.0747. The van der Waals surface area contributed by atoms with Crippen molar-refractivity contribution in [2.45, 2.75) is 6.10 Å². The third-order valence-corrected chi connectivity index (χ3v) is 5.46. The second-order valence-corrected chi connectivity index (χ2v) is 8.51. The lowest BCUT2D eigenvalue weighted by Crippen LogP contribution is -2.42. The van der Waals surface area contributed by atoms with Crippen LogP contribution >= 0.6 is 31.9 Å². The maximum Gasteiger partial charge on any atom is 0.343 e. The summed E-state index contributed by atoms with van der Waals surface area (Å²) in [7, 11) is 0. The van der Waals surface area contributed by atoms with Crippen LogP contribution in [0, 0.1) is 0 Å². The first-order chi connectivity index (χ1) is 15.5. The van der Waals surface area contributed by atoms with Gasteiger partial charge in [0.15, 0.2) is 11.5 Å². The number of hydrazone groups is 1. The van der Waals surface area contributed by atoms with E-state index in [2.05, 4.69) is 42.4 Å². The fraction of sp³-hybridized carbons (Fsp3) is 0.0870. The van der Waals surface area contributed by atoms with E-state index in [9.17, 15) is 9.59 Å². The van der Waals surface area contributed by atoms with Gasteiger partial charge in [-0.05, 0) is 54.6 Å². The molecule has 0 radical (unpaired) electrons. The fourth-order valence-corrected chi connectivity index (χ4v) is 3.49. The molecule has 1 amide bonds. The van der Waals surface area contributed by atoms with E-state index in [1.54, 1.807) is 60.7 Å². The number of ether oxygens (including phenoxy) is 3. The van der Waals surface area contributed by atoms with Crippen molar-refractivity contribution in [2.75, 3.05) is 6.61 Å². The van der Waals surface area contributed by atoms with Gasteiger partial charge in [-0.25, -0.2) is 10.2 Å². The predicted molar refractivity (Wildman–Crippen MR) is 125 cm³/mol. The lowest BCUT2D eigenvalue weighted by Gasteiger charge is -2.24. The zero-order valence-corrected chi connectivity index (χ0v) is 19.6. The van der Waals surface area contributed by atoms with Crippen LogP contribution < -0.4 is 19.6 Å². The average molecular weight is 560 g/mol. The first kappa shape index (κ1) is 22.0. The van der Waals surface area contributed by atoms with E-state index in [0.29, 0.717) is 28.4 Å². The minimum Gasteiger partial charge on any atom is -0.485 e. The third kappa shape index (κ3) is 5.35. The maximum absolute atomic E-state index is 12.5. The molecule has 0 unspecified atom stereocenters. The van der Waals surface area contributed by atoms with Gasteiger partial charge in [-0.1, -0.05) is 44.0 Å². The van der Waals surface area contributed by atoms with Gasteiger partial charge in [-0.15, -0.1) is 0 Å². The SMILES string of the molecule is O=C(Oc1ccc(Br)cc1/C=N\NC(=O)[C@@H]1COc2ccccc2O1)c1ccc(Br)cc1. The number of halogens is 2. The summed E-state index contributed by atoms with van der Waals surface area (Å²) in [5, 5.41) is 3.99. The molecule has 32 heavy (non-hydrogen) atoms. The van der Waals surface area contributed by atoms with Gasteiger partial charge in [-0.3, -0.25) is 4.79 Å². The summed E-state index contributed by atoms with van der Waals surface area (Å²) in [4.78, 5) is 24.9. The molecule has 0 aromatic heterocycles. The van der Waals surface area contributed by atoms with E-state index in [1.807, 2.05) is 6.07 Å².